The fourth-order valence-electron chi connectivity index (χ4n) is 9.88. The summed E-state index contributed by atoms with van der Waals surface area (Å²) in [5.41, 5.74) is 3.37. The van der Waals surface area contributed by atoms with E-state index in [1.807, 2.05) is 0 Å². The van der Waals surface area contributed by atoms with Gasteiger partial charge in [-0.1, -0.05) is 65.5 Å². The highest BCUT2D eigenvalue weighted by atomic mass is 16.4. The maximum atomic E-state index is 10.8. The summed E-state index contributed by atoms with van der Waals surface area (Å²) in [4.78, 5) is 10.8. The summed E-state index contributed by atoms with van der Waals surface area (Å²) in [7, 11) is 0. The Morgan fingerprint density at radius 2 is 1.78 bits per heavy atom. The van der Waals surface area contributed by atoms with Gasteiger partial charge in [0.25, 0.3) is 0 Å². The van der Waals surface area contributed by atoms with Crippen LogP contribution in [0.15, 0.2) is 45.1 Å². The lowest BCUT2D eigenvalue weighted by atomic mass is 9.47. The van der Waals surface area contributed by atoms with Crippen molar-refractivity contribution in [3.63, 3.8) is 0 Å². The maximum Gasteiger partial charge on any atom is 0.336 e. The molecule has 8 atom stereocenters. The Bertz CT molecular complexity index is 1310. The highest BCUT2D eigenvalue weighted by Gasteiger charge is 2.59. The number of rotatable bonds is 5. The van der Waals surface area contributed by atoms with Crippen LogP contribution in [0.2, 0.25) is 0 Å². The predicted molar refractivity (Wildman–Crippen MR) is 168 cm³/mol. The van der Waals surface area contributed by atoms with Gasteiger partial charge < -0.3 is 14.6 Å². The minimum Gasteiger partial charge on any atom is -0.508 e. The summed E-state index contributed by atoms with van der Waals surface area (Å²) in [5, 5.41) is 20.4. The van der Waals surface area contributed by atoms with Gasteiger partial charge in [-0.15, -0.1) is 0 Å². The molecule has 41 heavy (non-hydrogen) atoms. The zero-order valence-corrected chi connectivity index (χ0v) is 26.4. The summed E-state index contributed by atoms with van der Waals surface area (Å²) in [6.07, 6.45) is 17.2. The van der Waals surface area contributed by atoms with Crippen molar-refractivity contribution in [1.29, 1.82) is 0 Å². The summed E-state index contributed by atoms with van der Waals surface area (Å²) < 4.78 is 4.88. The van der Waals surface area contributed by atoms with Gasteiger partial charge in [0.05, 0.1) is 6.10 Å². The van der Waals surface area contributed by atoms with Crippen molar-refractivity contribution >= 4 is 11.0 Å². The van der Waals surface area contributed by atoms with Gasteiger partial charge in [0.15, 0.2) is 0 Å². The average Bonchev–Trinajstić information content (AvgIpc) is 3.27. The number of benzene rings is 1. The highest BCUT2D eigenvalue weighted by molar-refractivity contribution is 5.79. The Labute approximate surface area is 247 Å². The molecule has 0 unspecified atom stereocenters. The number of allylic oxidation sites excluding steroid dienone is 1. The smallest absolute Gasteiger partial charge is 0.336 e. The molecular formula is C37H54O4. The van der Waals surface area contributed by atoms with Crippen LogP contribution in [0.3, 0.4) is 0 Å². The van der Waals surface area contributed by atoms with E-state index in [1.54, 1.807) is 24.6 Å². The van der Waals surface area contributed by atoms with E-state index in [0.717, 1.165) is 59.3 Å². The van der Waals surface area contributed by atoms with E-state index in [-0.39, 0.29) is 11.9 Å². The van der Waals surface area contributed by atoms with Gasteiger partial charge in [-0.3, -0.25) is 0 Å². The molecule has 0 bridgehead atoms. The quantitative estimate of drug-likeness (QED) is 0.281. The molecule has 2 aromatic rings. The first kappa shape index (κ1) is 30.4. The van der Waals surface area contributed by atoms with Gasteiger partial charge >= 0.3 is 5.63 Å². The Morgan fingerprint density at radius 1 is 1.00 bits per heavy atom. The highest BCUT2D eigenvalue weighted by Crippen LogP contribution is 2.67. The number of hydrogen-bond acceptors (Lipinski definition) is 4. The molecule has 0 aliphatic heterocycles. The van der Waals surface area contributed by atoms with Gasteiger partial charge in [0, 0.05) is 17.5 Å². The van der Waals surface area contributed by atoms with E-state index in [9.17, 15) is 15.0 Å². The third-order valence-corrected chi connectivity index (χ3v) is 12.2. The number of aliphatic hydroxyl groups is 1. The minimum atomic E-state index is -0.407. The van der Waals surface area contributed by atoms with E-state index < -0.39 is 5.63 Å². The fraction of sp³-hybridized carbons (Fsp3) is 0.703. The summed E-state index contributed by atoms with van der Waals surface area (Å²) in [6.45, 7) is 14.4. The molecule has 4 aliphatic carbocycles. The number of aromatic hydroxyl groups is 1. The molecule has 6 rings (SSSR count). The number of hydrogen-bond donors (Lipinski definition) is 2. The fourth-order valence-corrected chi connectivity index (χ4v) is 9.88. The van der Waals surface area contributed by atoms with E-state index in [0.29, 0.717) is 16.4 Å². The molecular weight excluding hydrogens is 508 g/mol. The first-order valence-corrected chi connectivity index (χ1v) is 16.5. The molecule has 3 fully saturated rings. The summed E-state index contributed by atoms with van der Waals surface area (Å²) in [6, 6.07) is 6.26. The van der Waals surface area contributed by atoms with Crippen LogP contribution in [-0.4, -0.2) is 16.3 Å². The number of fused-ring (bicyclic) bond motifs is 6. The molecule has 1 aromatic carbocycles. The molecule has 2 N–H and O–H groups in total. The Kier molecular flexibility index (Phi) is 8.82. The van der Waals surface area contributed by atoms with Gasteiger partial charge in [-0.25, -0.2) is 4.79 Å². The number of phenols is 1. The first-order valence-electron chi connectivity index (χ1n) is 16.5. The zero-order chi connectivity index (χ0) is 29.5. The van der Waals surface area contributed by atoms with E-state index in [4.69, 9.17) is 4.42 Å². The third kappa shape index (κ3) is 5.92. The number of phenolic OH excluding ortho intramolecular Hbond substituents is 1. The van der Waals surface area contributed by atoms with Crippen molar-refractivity contribution in [1.82, 2.24) is 0 Å². The van der Waals surface area contributed by atoms with Gasteiger partial charge in [0.2, 0.25) is 0 Å². The monoisotopic (exact) mass is 562 g/mol. The molecule has 1 aromatic heterocycles. The zero-order valence-electron chi connectivity index (χ0n) is 26.4. The van der Waals surface area contributed by atoms with Crippen LogP contribution < -0.4 is 5.63 Å². The normalized spacial score (nSPS) is 35.1. The van der Waals surface area contributed by atoms with Crippen LogP contribution in [0.5, 0.6) is 5.75 Å². The Morgan fingerprint density at radius 3 is 2.54 bits per heavy atom. The lowest BCUT2D eigenvalue weighted by Gasteiger charge is -2.58. The third-order valence-electron chi connectivity index (χ3n) is 12.2. The van der Waals surface area contributed by atoms with Crippen LogP contribution in [0.25, 0.3) is 11.0 Å². The van der Waals surface area contributed by atoms with Gasteiger partial charge in [-0.05, 0) is 122 Å². The van der Waals surface area contributed by atoms with Crippen LogP contribution in [0.1, 0.15) is 111 Å². The number of aliphatic hydroxyl groups excluding tert-OH is 1. The van der Waals surface area contributed by atoms with Gasteiger partial charge in [0.1, 0.15) is 11.3 Å². The molecule has 4 aliphatic rings. The minimum absolute atomic E-state index is 0.0766. The maximum absolute atomic E-state index is 10.8. The second kappa shape index (κ2) is 11.9. The van der Waals surface area contributed by atoms with E-state index >= 15 is 0 Å². The van der Waals surface area contributed by atoms with Crippen LogP contribution in [0.4, 0.5) is 0 Å². The van der Waals surface area contributed by atoms with E-state index in [1.165, 1.54) is 69.9 Å². The second-order valence-electron chi connectivity index (χ2n) is 15.1. The first-order chi connectivity index (χ1) is 19.4. The molecule has 0 amide bonds. The Balaban J connectivity index is 0.000000216. The summed E-state index contributed by atoms with van der Waals surface area (Å²) >= 11 is 0. The lowest BCUT2D eigenvalue weighted by molar-refractivity contribution is -0.0573. The second-order valence-corrected chi connectivity index (χ2v) is 15.1. The summed E-state index contributed by atoms with van der Waals surface area (Å²) in [5.74, 6) is 5.60. The lowest BCUT2D eigenvalue weighted by Crippen LogP contribution is -2.50. The van der Waals surface area contributed by atoms with Crippen LogP contribution >= 0.6 is 0 Å². The molecule has 226 valence electrons. The number of aryl methyl sites for hydroxylation is 1. The SMILES string of the molecule is CC(C)CCC[C@@H](C)[C@H]1CC[C@H]2[C@@H]3CC=C4C[C@@H](O)CC[C@]4(C)[C@H]3CC[C@]12C.Cc1cc2ccc(=O)oc2cc1O. The van der Waals surface area contributed by atoms with Crippen molar-refractivity contribution < 1.29 is 14.6 Å². The van der Waals surface area contributed by atoms with Gasteiger partial charge in [-0.2, -0.15) is 0 Å². The average molecular weight is 563 g/mol. The molecule has 1 heterocycles. The van der Waals surface area contributed by atoms with Crippen molar-refractivity contribution in [3.8, 4) is 5.75 Å². The van der Waals surface area contributed by atoms with Crippen LogP contribution in [0, 0.1) is 53.3 Å². The standard InChI is InChI=1S/C27H46O.C10H8O3/c1-18(2)7-6-8-19(3)23-11-12-24-22-10-9-20-17-21(28)13-15-26(20,4)25(22)14-16-27(23,24)5;1-6-4-7-2-3-10(12)13-9(7)5-8(6)11/h9,18-19,21-25,28H,6-8,10-17H2,1-5H3;2-5,11H,1H3/t19-,21+,22+,23-,24+,25+,26+,27-;/m1./s1. The molecule has 4 heteroatoms. The molecule has 0 radical (unpaired) electrons. The van der Waals surface area contributed by atoms with Crippen molar-refractivity contribution in [3.05, 3.63) is 51.9 Å². The topological polar surface area (TPSA) is 70.7 Å². The van der Waals surface area contributed by atoms with E-state index in [2.05, 4.69) is 40.7 Å². The van der Waals surface area contributed by atoms with Crippen LogP contribution in [-0.2, 0) is 0 Å². The molecule has 4 nitrogen and oxygen atoms in total. The molecule has 0 saturated heterocycles. The molecule has 3 saturated carbocycles. The molecule has 0 spiro atoms. The van der Waals surface area contributed by atoms with Crippen molar-refractivity contribution in [2.24, 2.45) is 46.3 Å². The predicted octanol–water partition coefficient (Wildman–Crippen LogP) is 9.20. The largest absolute Gasteiger partial charge is 0.508 e. The van der Waals surface area contributed by atoms with Crippen molar-refractivity contribution in [2.45, 2.75) is 118 Å². The Hall–Kier alpha value is -2.07. The van der Waals surface area contributed by atoms with Crippen molar-refractivity contribution in [2.75, 3.05) is 0 Å².